The van der Waals surface area contributed by atoms with Crippen LogP contribution in [0.15, 0.2) is 29.8 Å². The van der Waals surface area contributed by atoms with Crippen LogP contribution in [0.2, 0.25) is 0 Å². The minimum Gasteiger partial charge on any atom is -0.493 e. The minimum atomic E-state index is -0.305. The van der Waals surface area contributed by atoms with Crippen LogP contribution >= 0.6 is 11.3 Å². The summed E-state index contributed by atoms with van der Waals surface area (Å²) in [6.45, 7) is -0.0597. The number of benzene rings is 1. The molecule has 1 aromatic heterocycles. The molecule has 0 spiro atoms. The summed E-state index contributed by atoms with van der Waals surface area (Å²) in [5.74, 6) is 0.655. The highest BCUT2D eigenvalue weighted by molar-refractivity contribution is 7.13. The van der Waals surface area contributed by atoms with E-state index in [1.165, 1.54) is 30.0 Å². The number of hydrogen-bond donors (Lipinski definition) is 1. The zero-order valence-corrected chi connectivity index (χ0v) is 12.5. The largest absolute Gasteiger partial charge is 0.493 e. The second-order valence-corrected chi connectivity index (χ2v) is 4.76. The second-order valence-electron chi connectivity index (χ2n) is 3.92. The van der Waals surface area contributed by atoms with E-state index >= 15 is 0 Å². The standard InChI is InChI=1S/C14H12N4O3S/c1-20-12-8-10(2-4-11(12)21-7-6-15)3-5-13(19)17-14-18-16-9-22-14/h2-5,8-9H,7H2,1H3,(H,17,18,19)/b5-3+. The van der Waals surface area contributed by atoms with Gasteiger partial charge in [-0.15, -0.1) is 10.2 Å². The smallest absolute Gasteiger partial charge is 0.250 e. The first kappa shape index (κ1) is 15.5. The quantitative estimate of drug-likeness (QED) is 0.820. The minimum absolute atomic E-state index is 0.0597. The molecule has 0 aliphatic carbocycles. The van der Waals surface area contributed by atoms with E-state index in [1.54, 1.807) is 24.3 Å². The normalized spacial score (nSPS) is 10.2. The Hall–Kier alpha value is -2.92. The topological polar surface area (TPSA) is 97.1 Å². The lowest BCUT2D eigenvalue weighted by Crippen LogP contribution is -2.07. The number of nitrogens with zero attached hydrogens (tertiary/aromatic N) is 3. The van der Waals surface area contributed by atoms with Gasteiger partial charge in [-0.1, -0.05) is 17.4 Å². The van der Waals surface area contributed by atoms with E-state index in [0.717, 1.165) is 5.56 Å². The van der Waals surface area contributed by atoms with Crippen LogP contribution in [0, 0.1) is 11.3 Å². The van der Waals surface area contributed by atoms with Crippen molar-refractivity contribution in [2.45, 2.75) is 0 Å². The van der Waals surface area contributed by atoms with E-state index in [4.69, 9.17) is 14.7 Å². The molecule has 1 heterocycles. The average Bonchev–Trinajstić information content (AvgIpc) is 3.04. The number of anilines is 1. The number of aromatic nitrogens is 2. The molecule has 1 aromatic carbocycles. The van der Waals surface area contributed by atoms with Gasteiger partial charge in [0.1, 0.15) is 11.6 Å². The SMILES string of the molecule is COc1cc(/C=C/C(=O)Nc2nncs2)ccc1OCC#N. The molecule has 112 valence electrons. The zero-order chi connectivity index (χ0) is 15.8. The van der Waals surface area contributed by atoms with E-state index in [0.29, 0.717) is 16.6 Å². The van der Waals surface area contributed by atoms with Gasteiger partial charge in [-0.3, -0.25) is 10.1 Å². The summed E-state index contributed by atoms with van der Waals surface area (Å²) in [6, 6.07) is 7.03. The lowest BCUT2D eigenvalue weighted by Gasteiger charge is -2.08. The predicted molar refractivity (Wildman–Crippen MR) is 81.7 cm³/mol. The lowest BCUT2D eigenvalue weighted by molar-refractivity contribution is -0.111. The molecular formula is C14H12N4O3S. The van der Waals surface area contributed by atoms with Crippen LogP contribution < -0.4 is 14.8 Å². The summed E-state index contributed by atoms with van der Waals surface area (Å²) in [4.78, 5) is 11.7. The first-order valence-electron chi connectivity index (χ1n) is 6.16. The Bertz CT molecular complexity index is 707. The molecule has 7 nitrogen and oxygen atoms in total. The maximum atomic E-state index is 11.7. The number of methoxy groups -OCH3 is 1. The van der Waals surface area contributed by atoms with Crippen molar-refractivity contribution < 1.29 is 14.3 Å². The van der Waals surface area contributed by atoms with E-state index in [2.05, 4.69) is 15.5 Å². The van der Waals surface area contributed by atoms with Crippen LogP contribution in [0.25, 0.3) is 6.08 Å². The van der Waals surface area contributed by atoms with Gasteiger partial charge in [0.05, 0.1) is 7.11 Å². The molecule has 2 rings (SSSR count). The first-order chi connectivity index (χ1) is 10.7. The number of rotatable bonds is 6. The Labute approximate surface area is 130 Å². The fraction of sp³-hybridized carbons (Fsp3) is 0.143. The third-order valence-electron chi connectivity index (χ3n) is 2.50. The average molecular weight is 316 g/mol. The Morgan fingerprint density at radius 1 is 1.50 bits per heavy atom. The summed E-state index contributed by atoms with van der Waals surface area (Å²) < 4.78 is 10.4. The molecule has 8 heteroatoms. The third kappa shape index (κ3) is 4.29. The van der Waals surface area contributed by atoms with Gasteiger partial charge in [0, 0.05) is 6.08 Å². The summed E-state index contributed by atoms with van der Waals surface area (Å²) in [5.41, 5.74) is 2.29. The van der Waals surface area contributed by atoms with Crippen molar-refractivity contribution in [2.75, 3.05) is 19.0 Å². The summed E-state index contributed by atoms with van der Waals surface area (Å²) >= 11 is 1.24. The number of carbonyl (C=O) groups is 1. The van der Waals surface area contributed by atoms with Crippen molar-refractivity contribution in [1.82, 2.24) is 10.2 Å². The molecular weight excluding hydrogens is 304 g/mol. The van der Waals surface area contributed by atoms with Crippen molar-refractivity contribution in [3.63, 3.8) is 0 Å². The number of hydrogen-bond acceptors (Lipinski definition) is 7. The van der Waals surface area contributed by atoms with Crippen LogP contribution in [0.5, 0.6) is 11.5 Å². The first-order valence-corrected chi connectivity index (χ1v) is 7.04. The maximum Gasteiger partial charge on any atom is 0.250 e. The Morgan fingerprint density at radius 2 is 2.36 bits per heavy atom. The molecule has 1 amide bonds. The van der Waals surface area contributed by atoms with Crippen LogP contribution in [0.3, 0.4) is 0 Å². The van der Waals surface area contributed by atoms with Crippen LogP contribution in [-0.4, -0.2) is 29.8 Å². The van der Waals surface area contributed by atoms with Gasteiger partial charge in [-0.2, -0.15) is 5.26 Å². The number of amides is 1. The molecule has 1 N–H and O–H groups in total. The molecule has 0 bridgehead atoms. The van der Waals surface area contributed by atoms with E-state index < -0.39 is 0 Å². The fourth-order valence-electron chi connectivity index (χ4n) is 1.56. The van der Waals surface area contributed by atoms with E-state index in [-0.39, 0.29) is 12.5 Å². The van der Waals surface area contributed by atoms with Gasteiger partial charge in [0.25, 0.3) is 0 Å². The number of carbonyl (C=O) groups excluding carboxylic acids is 1. The van der Waals surface area contributed by atoms with Crippen molar-refractivity contribution in [3.05, 3.63) is 35.3 Å². The van der Waals surface area contributed by atoms with Gasteiger partial charge in [0.15, 0.2) is 18.1 Å². The lowest BCUT2D eigenvalue weighted by atomic mass is 10.2. The van der Waals surface area contributed by atoms with Crippen LogP contribution in [-0.2, 0) is 4.79 Å². The molecule has 0 aliphatic rings. The van der Waals surface area contributed by atoms with Crippen molar-refractivity contribution >= 4 is 28.5 Å². The third-order valence-corrected chi connectivity index (χ3v) is 3.10. The molecule has 2 aromatic rings. The highest BCUT2D eigenvalue weighted by Gasteiger charge is 2.05. The second kappa shape index (κ2) is 7.75. The Kier molecular flexibility index (Phi) is 5.45. The molecule has 0 saturated carbocycles. The van der Waals surface area contributed by atoms with Crippen molar-refractivity contribution in [1.29, 1.82) is 5.26 Å². The van der Waals surface area contributed by atoms with Crippen molar-refractivity contribution in [2.24, 2.45) is 0 Å². The monoisotopic (exact) mass is 316 g/mol. The van der Waals surface area contributed by atoms with Crippen LogP contribution in [0.1, 0.15) is 5.56 Å². The molecule has 0 saturated heterocycles. The van der Waals surface area contributed by atoms with Gasteiger partial charge in [-0.25, -0.2) is 0 Å². The van der Waals surface area contributed by atoms with E-state index in [9.17, 15) is 4.79 Å². The summed E-state index contributed by atoms with van der Waals surface area (Å²) in [6.07, 6.45) is 3.01. The summed E-state index contributed by atoms with van der Waals surface area (Å²) in [5, 5.41) is 18.9. The Morgan fingerprint density at radius 3 is 3.05 bits per heavy atom. The van der Waals surface area contributed by atoms with E-state index in [1.807, 2.05) is 6.07 Å². The zero-order valence-electron chi connectivity index (χ0n) is 11.6. The van der Waals surface area contributed by atoms with Gasteiger partial charge in [0.2, 0.25) is 11.0 Å². The van der Waals surface area contributed by atoms with Gasteiger partial charge < -0.3 is 9.47 Å². The van der Waals surface area contributed by atoms with Crippen molar-refractivity contribution in [3.8, 4) is 17.6 Å². The molecule has 22 heavy (non-hydrogen) atoms. The number of ether oxygens (including phenoxy) is 2. The summed E-state index contributed by atoms with van der Waals surface area (Å²) in [7, 11) is 1.50. The molecule has 0 atom stereocenters. The van der Waals surface area contributed by atoms with Crippen LogP contribution in [0.4, 0.5) is 5.13 Å². The molecule has 0 radical (unpaired) electrons. The molecule has 0 aliphatic heterocycles. The number of nitrogens with one attached hydrogen (secondary N) is 1. The maximum absolute atomic E-state index is 11.7. The highest BCUT2D eigenvalue weighted by atomic mass is 32.1. The fourth-order valence-corrected chi connectivity index (χ4v) is 2.01. The molecule has 0 fully saturated rings. The predicted octanol–water partition coefficient (Wildman–Crippen LogP) is 2.10. The number of nitriles is 1. The Balaban J connectivity index is 2.04. The van der Waals surface area contributed by atoms with Gasteiger partial charge in [-0.05, 0) is 23.8 Å². The highest BCUT2D eigenvalue weighted by Crippen LogP contribution is 2.28. The molecule has 0 unspecified atom stereocenters. The van der Waals surface area contributed by atoms with Gasteiger partial charge >= 0.3 is 0 Å².